The first-order valence-electron chi connectivity index (χ1n) is 34.1. The molecule has 1 saturated heterocycles. The maximum Gasteiger partial charge on any atom is 1.00 e. The summed E-state index contributed by atoms with van der Waals surface area (Å²) in [5.74, 6) is 0.402. The average Bonchev–Trinajstić information content (AvgIpc) is 1.57. The van der Waals surface area contributed by atoms with Gasteiger partial charge < -0.3 is 44.8 Å². The molecule has 0 spiro atoms. The molecule has 0 aromatic heterocycles. The standard InChI is InChI=1S/C23H24N2O3.C15H20ClNO.C15H21NO2.C11H10O2.C8H5NO2.C4H11N.Al.Cl2OS.3ClH.K/c1-3-24(4-2)22(28)23(16-10-6-5-7-11-16)14-17(23)15-25-20(26)18-12-8-9-13-19(18)21(25)27;1-3-17(4-2)14(18)15(10-13(15)11-16)12-8-6-5-7-9-12;1-3-16(4-2)14(18)15(10-13(15)11-17)12-8-6-5-7-9-12;12-10-11(6-9(11)7-13-10)8-4-2-1-3-5-8;10-7-5-3-1-2-4-6(5)8(11)9-7;1-3-5-4-2;;1-4(2)3;;;;/h5-13,17H,3-4,14-15H2,1-2H3;5-9,13H,3-4,10-11H2,1-2H3;5-9,13,17H,3-4,10-11H2,1-2H3;1-5,9H,6-7H2;1-4H,(H,9,10,11);5H,3-4H2,1-2H3;;;3*1H;/q;;;;;;+3;;;;;+1/p-4/t17-,23+;2*13-,15+;9-,11+;;;;;;;;/m0000......../s1. The van der Waals surface area contributed by atoms with Crippen LogP contribution in [0.25, 0.3) is 5.32 Å². The van der Waals surface area contributed by atoms with E-state index < -0.39 is 43.3 Å². The van der Waals surface area contributed by atoms with Gasteiger partial charge >= 0.3 is 68.7 Å². The Balaban J connectivity index is 0.000000225. The number of fused-ring (bicyclic) bond motifs is 3. The maximum atomic E-state index is 13.4. The Morgan fingerprint density at radius 1 is 0.520 bits per heavy atom. The summed E-state index contributed by atoms with van der Waals surface area (Å²) in [5, 5.41) is 15.8. The van der Waals surface area contributed by atoms with E-state index in [0.29, 0.717) is 60.2 Å². The number of nitrogens with zero attached hydrogens (tertiary/aromatic N) is 5. The SMILES string of the molecule is CCN(CC)C(=O)[C@@]1(c2ccccc2)C[C@H]1CCl.CCN(CC)C(=O)[C@@]1(c2ccccc2)C[C@H]1CN1C(=O)c2ccccc2C1=O.CCN(CC)C(=O)[C@@]1(c2ccccc2)C[C@H]1CO.CCNCC.O=C1OC[C@@H]2C[C@]12c1ccccc1.O=C1[N-]C(=O)c2ccccc21.O=S(Cl)Cl.[Cl][Al]([Cl])[Cl].[K+]. The number of ether oxygens (including phenoxy) is 1. The summed E-state index contributed by atoms with van der Waals surface area (Å²) >= 11 is 4.28. The van der Waals surface area contributed by atoms with Crippen molar-refractivity contribution in [1.82, 2.24) is 24.9 Å². The number of rotatable bonds is 19. The van der Waals surface area contributed by atoms with Crippen LogP contribution in [-0.4, -0.2) is 166 Å². The van der Waals surface area contributed by atoms with Gasteiger partial charge in [-0.15, -0.1) is 11.6 Å². The number of imide groups is 2. The third kappa shape index (κ3) is 21.2. The Labute approximate surface area is 676 Å². The monoisotopic (exact) mass is 1570 g/mol. The van der Waals surface area contributed by atoms with Crippen LogP contribution in [0.15, 0.2) is 170 Å². The van der Waals surface area contributed by atoms with Gasteiger partial charge in [-0.25, -0.2) is 34.4 Å². The Morgan fingerprint density at radius 3 is 1.10 bits per heavy atom. The summed E-state index contributed by atoms with van der Waals surface area (Å²) in [4.78, 5) is 105. The molecule has 4 saturated carbocycles. The van der Waals surface area contributed by atoms with Crippen molar-refractivity contribution in [2.24, 2.45) is 23.7 Å². The average molecular weight is 1570 g/mol. The number of hydrogen-bond acceptors (Lipinski definition) is 12. The van der Waals surface area contributed by atoms with Gasteiger partial charge in [-0.1, -0.05) is 172 Å². The molecule has 6 aromatic carbocycles. The summed E-state index contributed by atoms with van der Waals surface area (Å²) < 4.78 is 14.1. The van der Waals surface area contributed by atoms with Crippen molar-refractivity contribution >= 4 is 131 Å². The summed E-state index contributed by atoms with van der Waals surface area (Å²) in [6.07, 6.45) is 3.29. The number of carbonyl (C=O) groups excluding carboxylic acids is 8. The second-order valence-electron chi connectivity index (χ2n) is 24.7. The van der Waals surface area contributed by atoms with Gasteiger partial charge in [-0.3, -0.25) is 33.7 Å². The number of halogens is 6. The number of aliphatic hydroxyl groups excluding tert-OH is 1. The minimum Gasteiger partial charge on any atom is -0.587 e. The van der Waals surface area contributed by atoms with E-state index >= 15 is 0 Å². The quantitative estimate of drug-likeness (QED) is 0.0254. The van der Waals surface area contributed by atoms with E-state index in [-0.39, 0.29) is 129 Å². The van der Waals surface area contributed by atoms with Crippen molar-refractivity contribution in [1.29, 1.82) is 0 Å². The fraction of sp³-hybridized carbons (Fsp3) is 0.421. The molecule has 4 aliphatic carbocycles. The number of amides is 7. The van der Waals surface area contributed by atoms with E-state index in [1.807, 2.05) is 178 Å². The molecule has 7 amide bonds. The molecule has 8 atom stereocenters. The summed E-state index contributed by atoms with van der Waals surface area (Å²) in [6.45, 7) is 23.6. The molecule has 0 radical (unpaired) electrons. The van der Waals surface area contributed by atoms with Crippen molar-refractivity contribution in [2.75, 3.05) is 78.0 Å². The molecule has 3 heterocycles. The molecule has 2 N–H and O–H groups in total. The Kier molecular flexibility index (Phi) is 36.4. The van der Waals surface area contributed by atoms with Crippen LogP contribution in [-0.2, 0) is 54.8 Å². The van der Waals surface area contributed by atoms with Crippen molar-refractivity contribution in [2.45, 2.75) is 103 Å². The second-order valence-corrected chi connectivity index (χ2v) is 34.0. The van der Waals surface area contributed by atoms with E-state index in [9.17, 15) is 43.5 Å². The zero-order valence-corrected chi connectivity index (χ0v) is 68.9. The van der Waals surface area contributed by atoms with Gasteiger partial charge in [-0.2, -0.15) is 0 Å². The van der Waals surface area contributed by atoms with Gasteiger partial charge in [0.05, 0.1) is 51.2 Å². The van der Waals surface area contributed by atoms with Crippen LogP contribution >= 0.6 is 63.1 Å². The third-order valence-electron chi connectivity index (χ3n) is 19.4. The van der Waals surface area contributed by atoms with Gasteiger partial charge in [0.1, 0.15) is 0 Å². The van der Waals surface area contributed by atoms with Gasteiger partial charge in [-0.05, 0) is 127 Å². The first-order chi connectivity index (χ1) is 48.4. The Morgan fingerprint density at radius 2 is 0.824 bits per heavy atom. The molecular formula is C76H90AlCl6KN6O11S. The van der Waals surface area contributed by atoms with Crippen LogP contribution in [0, 0.1) is 23.7 Å². The summed E-state index contributed by atoms with van der Waals surface area (Å²) in [5.41, 5.74) is 4.27. The van der Waals surface area contributed by atoms with E-state index in [2.05, 4.69) is 45.8 Å². The van der Waals surface area contributed by atoms with Crippen LogP contribution in [0.3, 0.4) is 0 Å². The van der Waals surface area contributed by atoms with Crippen LogP contribution in [0.5, 0.6) is 0 Å². The van der Waals surface area contributed by atoms with Crippen molar-refractivity contribution < 1.29 is 104 Å². The molecular weight excluding hydrogens is 1480 g/mol. The molecule has 542 valence electrons. The number of carbonyl (C=O) groups is 8. The van der Waals surface area contributed by atoms with E-state index in [1.54, 1.807) is 48.5 Å². The normalized spacial score (nSPS) is 22.5. The molecule has 0 unspecified atom stereocenters. The fourth-order valence-corrected chi connectivity index (χ4v) is 14.0. The van der Waals surface area contributed by atoms with Gasteiger partial charge in [0, 0.05) is 103 Å². The van der Waals surface area contributed by atoms with Crippen LogP contribution in [0.1, 0.15) is 145 Å². The van der Waals surface area contributed by atoms with Crippen molar-refractivity contribution in [3.8, 4) is 0 Å². The molecule has 17 nitrogen and oxygen atoms in total. The number of likely N-dealkylation sites (N-methyl/N-ethyl adjacent to an activating group) is 3. The third-order valence-corrected chi connectivity index (χ3v) is 19.8. The molecule has 3 aliphatic heterocycles. The molecule has 6 aromatic rings. The van der Waals surface area contributed by atoms with Crippen LogP contribution < -0.4 is 56.7 Å². The topological polar surface area (TPSA) is 222 Å². The maximum absolute atomic E-state index is 13.4. The molecule has 5 fully saturated rings. The van der Waals surface area contributed by atoms with Gasteiger partial charge in [0.15, 0.2) is 0 Å². The Hall–Kier alpha value is -4.54. The Bertz CT molecular complexity index is 3620. The largest absolute Gasteiger partial charge is 1.00 e. The second kappa shape index (κ2) is 42.1. The zero-order chi connectivity index (χ0) is 74.2. The van der Waals surface area contributed by atoms with E-state index in [0.717, 1.165) is 80.8 Å². The summed E-state index contributed by atoms with van der Waals surface area (Å²) in [6, 6.07) is 53.2. The minimum absolute atomic E-state index is 0. The number of cyclic esters (lactones) is 1. The smallest absolute Gasteiger partial charge is 0.587 e. The number of alkyl halides is 1. The molecule has 13 rings (SSSR count). The molecule has 7 aliphatic rings. The van der Waals surface area contributed by atoms with E-state index in [4.69, 9.17) is 50.7 Å². The number of nitrogens with one attached hydrogen (secondary N) is 1. The van der Waals surface area contributed by atoms with Crippen LogP contribution in [0.2, 0.25) is 0 Å². The molecule has 102 heavy (non-hydrogen) atoms. The predicted octanol–water partition coefficient (Wildman–Crippen LogP) is 11.2. The van der Waals surface area contributed by atoms with Crippen LogP contribution in [0.4, 0.5) is 0 Å². The first kappa shape index (κ1) is 88.1. The summed E-state index contributed by atoms with van der Waals surface area (Å²) in [7, 11) is 22.2. The first-order valence-corrected chi connectivity index (χ1v) is 42.7. The molecule has 0 bridgehead atoms. The fourth-order valence-electron chi connectivity index (χ4n) is 13.7. The number of esters is 1. The van der Waals surface area contributed by atoms with E-state index in [1.165, 1.54) is 4.90 Å². The molecule has 26 heteroatoms. The zero-order valence-electron chi connectivity index (χ0n) is 59.3. The number of hydrogen-bond donors (Lipinski definition) is 2. The van der Waals surface area contributed by atoms with Crippen molar-refractivity contribution in [3.05, 3.63) is 220 Å². The minimum atomic E-state index is -1.72. The number of aliphatic hydroxyl groups is 1. The van der Waals surface area contributed by atoms with Gasteiger partial charge in [0.25, 0.3) is 11.8 Å². The number of benzene rings is 6. The van der Waals surface area contributed by atoms with Gasteiger partial charge in [0.2, 0.25) is 26.9 Å². The predicted molar refractivity (Wildman–Crippen MR) is 405 cm³/mol. The van der Waals surface area contributed by atoms with Crippen molar-refractivity contribution in [3.63, 3.8) is 0 Å².